The van der Waals surface area contributed by atoms with Crippen molar-refractivity contribution in [3.8, 4) is 11.1 Å². The smallest absolute Gasteiger partial charge is 0.419 e. The normalized spacial score (nSPS) is 13.3. The molecule has 0 unspecified atom stereocenters. The van der Waals surface area contributed by atoms with E-state index in [2.05, 4.69) is 11.9 Å². The van der Waals surface area contributed by atoms with Gasteiger partial charge in [-0.15, -0.1) is 6.58 Å². The molecule has 39 heavy (non-hydrogen) atoms. The molecule has 0 aromatic heterocycles. The zero-order chi connectivity index (χ0) is 29.3. The van der Waals surface area contributed by atoms with Gasteiger partial charge in [-0.2, -0.15) is 13.2 Å². The number of amides is 1. The summed E-state index contributed by atoms with van der Waals surface area (Å²) in [6, 6.07) is 2.51. The van der Waals surface area contributed by atoms with Crippen LogP contribution in [0.15, 0.2) is 49.1 Å². The Morgan fingerprint density at radius 1 is 1.18 bits per heavy atom. The van der Waals surface area contributed by atoms with E-state index in [1.165, 1.54) is 26.0 Å². The van der Waals surface area contributed by atoms with Crippen LogP contribution in [0.3, 0.4) is 0 Å². The number of ether oxygens (including phenoxy) is 1. The number of esters is 1. The second kappa shape index (κ2) is 14.0. The van der Waals surface area contributed by atoms with Crippen LogP contribution in [-0.4, -0.2) is 29.7 Å². The number of rotatable bonds is 12. The van der Waals surface area contributed by atoms with Gasteiger partial charge in [-0.3, -0.25) is 9.59 Å². The van der Waals surface area contributed by atoms with Crippen molar-refractivity contribution in [2.75, 3.05) is 6.61 Å². The fourth-order valence-corrected chi connectivity index (χ4v) is 4.24. The maximum atomic E-state index is 15.5. The van der Waals surface area contributed by atoms with Gasteiger partial charge in [0.1, 0.15) is 17.7 Å². The molecule has 0 saturated carbocycles. The van der Waals surface area contributed by atoms with E-state index in [9.17, 15) is 32.3 Å². The van der Waals surface area contributed by atoms with E-state index in [1.807, 2.05) is 6.08 Å². The minimum absolute atomic E-state index is 0.0563. The van der Waals surface area contributed by atoms with Gasteiger partial charge in [0.2, 0.25) is 5.91 Å². The second-order valence-electron chi connectivity index (χ2n) is 8.90. The van der Waals surface area contributed by atoms with Gasteiger partial charge in [-0.1, -0.05) is 18.2 Å². The van der Waals surface area contributed by atoms with E-state index in [4.69, 9.17) is 4.74 Å². The Morgan fingerprint density at radius 3 is 2.46 bits per heavy atom. The number of aliphatic hydroxyl groups is 1. The number of benzene rings is 2. The fourth-order valence-electron chi connectivity index (χ4n) is 4.24. The van der Waals surface area contributed by atoms with Crippen molar-refractivity contribution in [3.05, 3.63) is 83.0 Å². The highest BCUT2D eigenvalue weighted by Gasteiger charge is 2.38. The largest absolute Gasteiger partial charge is 0.466 e. The lowest BCUT2D eigenvalue weighted by Gasteiger charge is -2.24. The summed E-state index contributed by atoms with van der Waals surface area (Å²) < 4.78 is 76.8. The van der Waals surface area contributed by atoms with Crippen molar-refractivity contribution in [1.82, 2.24) is 5.32 Å². The number of halogens is 5. The first-order valence-electron chi connectivity index (χ1n) is 12.4. The Balaban J connectivity index is 2.81. The number of carbonyl (C=O) groups excluding carboxylic acids is 2. The van der Waals surface area contributed by atoms with E-state index < -0.39 is 59.4 Å². The molecule has 2 atom stereocenters. The number of aliphatic hydroxyl groups excluding tert-OH is 1. The van der Waals surface area contributed by atoms with Gasteiger partial charge in [-0.25, -0.2) is 8.78 Å². The van der Waals surface area contributed by atoms with E-state index in [1.54, 1.807) is 13.0 Å². The average molecular weight is 554 g/mol. The highest BCUT2D eigenvalue weighted by Crippen LogP contribution is 2.40. The third-order valence-corrected chi connectivity index (χ3v) is 5.95. The van der Waals surface area contributed by atoms with Crippen LogP contribution >= 0.6 is 0 Å². The summed E-state index contributed by atoms with van der Waals surface area (Å²) in [7, 11) is 0. The van der Waals surface area contributed by atoms with E-state index in [-0.39, 0.29) is 24.2 Å². The number of nitrogens with one attached hydrogen (secondary N) is 1. The molecule has 0 aliphatic rings. The third kappa shape index (κ3) is 8.48. The molecule has 0 bridgehead atoms. The van der Waals surface area contributed by atoms with Gasteiger partial charge in [0, 0.05) is 12.0 Å². The molecule has 1 amide bonds. The van der Waals surface area contributed by atoms with Gasteiger partial charge >= 0.3 is 12.1 Å². The lowest BCUT2D eigenvalue weighted by Crippen LogP contribution is -2.38. The van der Waals surface area contributed by atoms with Gasteiger partial charge < -0.3 is 15.2 Å². The number of carbonyl (C=O) groups is 2. The minimum atomic E-state index is -5.13. The SMILES string of the molecule is C=CC[C@@H](O)C(=O)N[C@@H](CC(=O)OCC)c1cc(-c2c(C)cc(F)cc2CCC=CC)cc(C(F)(F)F)c1F. The molecule has 5 nitrogen and oxygen atoms in total. The quantitative estimate of drug-likeness (QED) is 0.178. The van der Waals surface area contributed by atoms with Crippen LogP contribution in [0.4, 0.5) is 22.0 Å². The highest BCUT2D eigenvalue weighted by atomic mass is 19.4. The third-order valence-electron chi connectivity index (χ3n) is 5.95. The average Bonchev–Trinajstić information content (AvgIpc) is 2.83. The molecule has 2 N–H and O–H groups in total. The van der Waals surface area contributed by atoms with Crippen molar-refractivity contribution < 1.29 is 41.4 Å². The monoisotopic (exact) mass is 553 g/mol. The van der Waals surface area contributed by atoms with Crippen molar-refractivity contribution in [2.24, 2.45) is 0 Å². The Hall–Kier alpha value is -3.53. The maximum Gasteiger partial charge on any atom is 0.419 e. The van der Waals surface area contributed by atoms with Crippen molar-refractivity contribution in [2.45, 2.75) is 64.8 Å². The first-order valence-corrected chi connectivity index (χ1v) is 12.4. The standard InChI is InChI=1S/C29H32F5NO4/c1-5-8-9-11-18-13-20(30)12-17(4)26(18)19-14-21(27(31)22(15-19)29(32,33)34)23(16-25(37)39-7-3)35-28(38)24(36)10-6-2/h5-6,8,12-15,23-24,36H,2,7,9-11,16H2,1,3-4H3,(H,35,38)/t23-,24+/m0/s1. The van der Waals surface area contributed by atoms with Gasteiger partial charge in [0.15, 0.2) is 0 Å². The van der Waals surface area contributed by atoms with Crippen LogP contribution in [0.25, 0.3) is 11.1 Å². The molecule has 2 aromatic carbocycles. The van der Waals surface area contributed by atoms with Crippen LogP contribution in [0.5, 0.6) is 0 Å². The molecule has 10 heteroatoms. The maximum absolute atomic E-state index is 15.5. The minimum Gasteiger partial charge on any atom is -0.466 e. The summed E-state index contributed by atoms with van der Waals surface area (Å²) in [5.74, 6) is -4.19. The molecule has 0 saturated heterocycles. The fraction of sp³-hybridized carbons (Fsp3) is 0.379. The summed E-state index contributed by atoms with van der Waals surface area (Å²) in [6.07, 6.45) is -2.01. The Morgan fingerprint density at radius 2 is 1.87 bits per heavy atom. The van der Waals surface area contributed by atoms with E-state index in [0.29, 0.717) is 30.0 Å². The van der Waals surface area contributed by atoms with Crippen LogP contribution in [0, 0.1) is 18.6 Å². The molecule has 0 heterocycles. The summed E-state index contributed by atoms with van der Waals surface area (Å²) >= 11 is 0. The highest BCUT2D eigenvalue weighted by molar-refractivity contribution is 5.82. The molecular formula is C29H32F5NO4. The number of allylic oxidation sites excluding steroid dienone is 2. The molecule has 0 fully saturated rings. The lowest BCUT2D eigenvalue weighted by atomic mass is 9.88. The summed E-state index contributed by atoms with van der Waals surface area (Å²) in [6.45, 7) is 8.18. The van der Waals surface area contributed by atoms with E-state index >= 15 is 4.39 Å². The predicted octanol–water partition coefficient (Wildman–Crippen LogP) is 6.52. The zero-order valence-electron chi connectivity index (χ0n) is 22.0. The van der Waals surface area contributed by atoms with E-state index in [0.717, 1.165) is 12.1 Å². The molecular weight excluding hydrogens is 521 g/mol. The number of hydrogen-bond donors (Lipinski definition) is 2. The number of aryl methyl sites for hydroxylation is 2. The first kappa shape index (κ1) is 31.7. The Labute approximate surface area is 224 Å². The second-order valence-corrected chi connectivity index (χ2v) is 8.90. The molecule has 0 aliphatic heterocycles. The summed E-state index contributed by atoms with van der Waals surface area (Å²) in [5.41, 5.74) is -1.31. The topological polar surface area (TPSA) is 75.6 Å². The van der Waals surface area contributed by atoms with Crippen molar-refractivity contribution >= 4 is 11.9 Å². The van der Waals surface area contributed by atoms with Crippen LogP contribution < -0.4 is 5.32 Å². The number of alkyl halides is 3. The Kier molecular flexibility index (Phi) is 11.4. The molecule has 212 valence electrons. The van der Waals surface area contributed by atoms with Gasteiger partial charge in [0.05, 0.1) is 24.6 Å². The molecule has 0 aliphatic carbocycles. The molecule has 0 radical (unpaired) electrons. The summed E-state index contributed by atoms with van der Waals surface area (Å²) in [4.78, 5) is 24.8. The molecule has 2 rings (SSSR count). The Bertz CT molecular complexity index is 1220. The first-order chi connectivity index (χ1) is 18.3. The van der Waals surface area contributed by atoms with Gasteiger partial charge in [0.25, 0.3) is 0 Å². The zero-order valence-corrected chi connectivity index (χ0v) is 22.0. The van der Waals surface area contributed by atoms with Gasteiger partial charge in [-0.05, 0) is 80.1 Å². The summed E-state index contributed by atoms with van der Waals surface area (Å²) in [5, 5.41) is 12.3. The number of hydrogen-bond acceptors (Lipinski definition) is 4. The lowest BCUT2D eigenvalue weighted by molar-refractivity contribution is -0.144. The van der Waals surface area contributed by atoms with Crippen molar-refractivity contribution in [3.63, 3.8) is 0 Å². The molecule has 0 spiro atoms. The predicted molar refractivity (Wildman–Crippen MR) is 138 cm³/mol. The molecule has 2 aromatic rings. The van der Waals surface area contributed by atoms with Crippen LogP contribution in [0.2, 0.25) is 0 Å². The van der Waals surface area contributed by atoms with Crippen molar-refractivity contribution in [1.29, 1.82) is 0 Å². The van der Waals surface area contributed by atoms with Crippen LogP contribution in [-0.2, 0) is 26.9 Å². The van der Waals surface area contributed by atoms with Crippen LogP contribution in [0.1, 0.15) is 61.4 Å².